The molecule has 0 aromatic carbocycles. The predicted octanol–water partition coefficient (Wildman–Crippen LogP) is 2.23. The van der Waals surface area contributed by atoms with Gasteiger partial charge in [-0.15, -0.1) is 0 Å². The van der Waals surface area contributed by atoms with Gasteiger partial charge in [-0.3, -0.25) is 4.79 Å². The molecular formula is C15H20O4. The molecule has 104 valence electrons. The number of aliphatic hydroxyl groups is 2. The summed E-state index contributed by atoms with van der Waals surface area (Å²) in [5.41, 5.74) is -0.0891. The van der Waals surface area contributed by atoms with Crippen LogP contribution in [0.4, 0.5) is 0 Å². The average molecular weight is 264 g/mol. The van der Waals surface area contributed by atoms with Gasteiger partial charge in [0.05, 0.1) is 11.2 Å². The summed E-state index contributed by atoms with van der Waals surface area (Å²) in [5.74, 6) is 0.143. The Morgan fingerprint density at radius 3 is 2.68 bits per heavy atom. The molecule has 2 aliphatic carbocycles. The Bertz CT molecular complexity index is 538. The Balaban J connectivity index is 2.16. The first-order valence-corrected chi connectivity index (χ1v) is 6.76. The van der Waals surface area contributed by atoms with Gasteiger partial charge in [0, 0.05) is 17.4 Å². The molecule has 0 bridgehead atoms. The van der Waals surface area contributed by atoms with Crippen LogP contribution < -0.4 is 0 Å². The highest BCUT2D eigenvalue weighted by Gasteiger charge is 2.56. The quantitative estimate of drug-likeness (QED) is 0.816. The lowest BCUT2D eigenvalue weighted by molar-refractivity contribution is -0.0297. The maximum absolute atomic E-state index is 12.6. The first kappa shape index (κ1) is 12.9. The van der Waals surface area contributed by atoms with E-state index in [1.807, 2.05) is 0 Å². The normalized spacial score (nSPS) is 36.2. The standard InChI is InChI=1S/C15H20O4/c1-14(2)4-8-10(5-14)15(3,18)12-9(13(8)17)7-19-11(12)6-16/h7-8,10,16,18H,4-6H2,1-3H3/t8-,10+,15-/m1/s1. The van der Waals surface area contributed by atoms with E-state index >= 15 is 0 Å². The molecule has 0 spiro atoms. The number of hydrogen-bond acceptors (Lipinski definition) is 4. The fraction of sp³-hybridized carbons (Fsp3) is 0.667. The number of Topliss-reactive ketones (excluding diaryl/α,β-unsaturated/α-hetero) is 1. The van der Waals surface area contributed by atoms with E-state index in [0.29, 0.717) is 16.9 Å². The molecule has 0 amide bonds. The highest BCUT2D eigenvalue weighted by atomic mass is 16.4. The molecule has 1 heterocycles. The van der Waals surface area contributed by atoms with Gasteiger partial charge in [-0.1, -0.05) is 13.8 Å². The lowest BCUT2D eigenvalue weighted by Crippen LogP contribution is -2.43. The molecule has 4 heteroatoms. The van der Waals surface area contributed by atoms with Crippen LogP contribution in [0.2, 0.25) is 0 Å². The van der Waals surface area contributed by atoms with Crippen LogP contribution in [0.1, 0.15) is 55.3 Å². The van der Waals surface area contributed by atoms with Gasteiger partial charge in [-0.2, -0.15) is 0 Å². The minimum Gasteiger partial charge on any atom is -0.466 e. The first-order chi connectivity index (χ1) is 8.78. The fourth-order valence-corrected chi connectivity index (χ4v) is 4.06. The smallest absolute Gasteiger partial charge is 0.169 e. The summed E-state index contributed by atoms with van der Waals surface area (Å²) in [5, 5.41) is 20.3. The summed E-state index contributed by atoms with van der Waals surface area (Å²) >= 11 is 0. The van der Waals surface area contributed by atoms with Crippen molar-refractivity contribution in [2.45, 2.75) is 45.8 Å². The summed E-state index contributed by atoms with van der Waals surface area (Å²) < 4.78 is 5.26. The summed E-state index contributed by atoms with van der Waals surface area (Å²) in [4.78, 5) is 12.6. The van der Waals surface area contributed by atoms with Crippen LogP contribution >= 0.6 is 0 Å². The zero-order valence-electron chi connectivity index (χ0n) is 11.6. The second-order valence-electron chi connectivity index (χ2n) is 6.90. The lowest BCUT2D eigenvalue weighted by Gasteiger charge is -2.38. The van der Waals surface area contributed by atoms with Crippen LogP contribution in [0.3, 0.4) is 0 Å². The number of hydrogen-bond donors (Lipinski definition) is 2. The molecule has 0 unspecified atom stereocenters. The Hall–Kier alpha value is -1.13. The van der Waals surface area contributed by atoms with Crippen molar-refractivity contribution in [3.8, 4) is 0 Å². The zero-order chi connectivity index (χ0) is 14.0. The van der Waals surface area contributed by atoms with Crippen molar-refractivity contribution >= 4 is 5.78 Å². The van der Waals surface area contributed by atoms with E-state index in [-0.39, 0.29) is 29.6 Å². The van der Waals surface area contributed by atoms with E-state index < -0.39 is 5.60 Å². The van der Waals surface area contributed by atoms with Crippen molar-refractivity contribution in [1.29, 1.82) is 0 Å². The van der Waals surface area contributed by atoms with Gasteiger partial charge >= 0.3 is 0 Å². The fourth-order valence-electron chi connectivity index (χ4n) is 4.06. The molecule has 3 rings (SSSR count). The van der Waals surface area contributed by atoms with Gasteiger partial charge < -0.3 is 14.6 Å². The van der Waals surface area contributed by atoms with Gasteiger partial charge in [-0.05, 0) is 25.2 Å². The summed E-state index contributed by atoms with van der Waals surface area (Å²) in [6.07, 6.45) is 3.00. The number of aliphatic hydroxyl groups excluding tert-OH is 1. The molecule has 2 N–H and O–H groups in total. The van der Waals surface area contributed by atoms with Crippen molar-refractivity contribution in [3.05, 3.63) is 23.2 Å². The largest absolute Gasteiger partial charge is 0.466 e. The predicted molar refractivity (Wildman–Crippen MR) is 68.5 cm³/mol. The Morgan fingerprint density at radius 2 is 2.05 bits per heavy atom. The van der Waals surface area contributed by atoms with Gasteiger partial charge in [0.25, 0.3) is 0 Å². The van der Waals surface area contributed by atoms with Crippen molar-refractivity contribution in [2.24, 2.45) is 17.3 Å². The third-order valence-corrected chi connectivity index (χ3v) is 4.87. The molecule has 0 saturated heterocycles. The molecule has 2 aliphatic rings. The second-order valence-corrected chi connectivity index (χ2v) is 6.90. The Labute approximate surface area is 112 Å². The number of carbonyl (C=O) groups excluding carboxylic acids is 1. The summed E-state index contributed by atoms with van der Waals surface area (Å²) in [6, 6.07) is 0. The van der Waals surface area contributed by atoms with Crippen molar-refractivity contribution in [2.75, 3.05) is 0 Å². The molecular weight excluding hydrogens is 244 g/mol. The van der Waals surface area contributed by atoms with Crippen LogP contribution in [0.5, 0.6) is 0 Å². The van der Waals surface area contributed by atoms with E-state index in [1.165, 1.54) is 6.26 Å². The second kappa shape index (κ2) is 3.70. The third kappa shape index (κ3) is 1.63. The maximum atomic E-state index is 12.6. The SMILES string of the molecule is CC1(C)C[C@H]2C(=O)c3coc(CO)c3[C@](C)(O)[C@H]2C1. The number of carbonyl (C=O) groups is 1. The third-order valence-electron chi connectivity index (χ3n) is 4.87. The molecule has 19 heavy (non-hydrogen) atoms. The molecule has 3 atom stereocenters. The first-order valence-electron chi connectivity index (χ1n) is 6.76. The Morgan fingerprint density at radius 1 is 1.37 bits per heavy atom. The number of rotatable bonds is 1. The molecule has 1 aromatic heterocycles. The summed E-state index contributed by atoms with van der Waals surface area (Å²) in [7, 11) is 0. The highest BCUT2D eigenvalue weighted by molar-refractivity contribution is 6.01. The molecule has 0 aliphatic heterocycles. The van der Waals surface area contributed by atoms with Crippen LogP contribution in [0, 0.1) is 17.3 Å². The molecule has 1 fully saturated rings. The summed E-state index contributed by atoms with van der Waals surface area (Å²) in [6.45, 7) is 5.72. The van der Waals surface area contributed by atoms with Gasteiger partial charge in [-0.25, -0.2) is 0 Å². The van der Waals surface area contributed by atoms with E-state index in [4.69, 9.17) is 4.42 Å². The Kier molecular flexibility index (Phi) is 2.51. The minimum atomic E-state index is -1.10. The average Bonchev–Trinajstić information content (AvgIpc) is 2.88. The van der Waals surface area contributed by atoms with Crippen molar-refractivity contribution < 1.29 is 19.4 Å². The molecule has 1 aromatic rings. The molecule has 4 nitrogen and oxygen atoms in total. The van der Waals surface area contributed by atoms with E-state index in [2.05, 4.69) is 13.8 Å². The topological polar surface area (TPSA) is 70.7 Å². The maximum Gasteiger partial charge on any atom is 0.169 e. The van der Waals surface area contributed by atoms with E-state index in [9.17, 15) is 15.0 Å². The van der Waals surface area contributed by atoms with Crippen molar-refractivity contribution in [1.82, 2.24) is 0 Å². The van der Waals surface area contributed by atoms with Crippen LogP contribution in [0.25, 0.3) is 0 Å². The number of ketones is 1. The zero-order valence-corrected chi connectivity index (χ0v) is 11.6. The minimum absolute atomic E-state index is 0.0561. The van der Waals surface area contributed by atoms with Crippen molar-refractivity contribution in [3.63, 3.8) is 0 Å². The lowest BCUT2D eigenvalue weighted by atomic mass is 9.68. The van der Waals surface area contributed by atoms with Gasteiger partial charge in [0.1, 0.15) is 18.6 Å². The van der Waals surface area contributed by atoms with Gasteiger partial charge in [0.15, 0.2) is 5.78 Å². The van der Waals surface area contributed by atoms with E-state index in [1.54, 1.807) is 6.92 Å². The molecule has 1 saturated carbocycles. The highest BCUT2D eigenvalue weighted by Crippen LogP contribution is 2.57. The molecule has 0 radical (unpaired) electrons. The van der Waals surface area contributed by atoms with E-state index in [0.717, 1.165) is 12.8 Å². The van der Waals surface area contributed by atoms with Crippen LogP contribution in [-0.4, -0.2) is 16.0 Å². The van der Waals surface area contributed by atoms with Gasteiger partial charge in [0.2, 0.25) is 0 Å². The van der Waals surface area contributed by atoms with Crippen LogP contribution in [-0.2, 0) is 12.2 Å². The number of furan rings is 1. The number of fused-ring (bicyclic) bond motifs is 2. The monoisotopic (exact) mass is 264 g/mol. The van der Waals surface area contributed by atoms with Crippen LogP contribution in [0.15, 0.2) is 10.7 Å².